The first-order valence-electron chi connectivity index (χ1n) is 12.0. The Bertz CT molecular complexity index is 715. The van der Waals surface area contributed by atoms with Gasteiger partial charge in [0.15, 0.2) is 0 Å². The van der Waals surface area contributed by atoms with Crippen LogP contribution < -0.4 is 10.2 Å². The molecular formula is C26H42N2O2. The van der Waals surface area contributed by atoms with Crippen LogP contribution in [0.2, 0.25) is 0 Å². The molecule has 4 heteroatoms. The summed E-state index contributed by atoms with van der Waals surface area (Å²) in [7, 11) is 2.01. The summed E-state index contributed by atoms with van der Waals surface area (Å²) in [5, 5.41) is 2.52. The van der Waals surface area contributed by atoms with Crippen molar-refractivity contribution in [2.45, 2.75) is 104 Å². The van der Waals surface area contributed by atoms with Gasteiger partial charge in [0.05, 0.1) is 0 Å². The minimum Gasteiger partial charge on any atom is -0.362 e. The third-order valence-corrected chi connectivity index (χ3v) is 7.06. The molecule has 1 heterocycles. The first kappa shape index (κ1) is 24.4. The van der Waals surface area contributed by atoms with Gasteiger partial charge < -0.3 is 4.90 Å². The lowest BCUT2D eigenvalue weighted by Gasteiger charge is -2.35. The number of nitrogens with zero attached hydrogens (tertiary/aromatic N) is 1. The Labute approximate surface area is 183 Å². The predicted octanol–water partition coefficient (Wildman–Crippen LogP) is 6.15. The van der Waals surface area contributed by atoms with Gasteiger partial charge in [0.1, 0.15) is 6.04 Å². The maximum atomic E-state index is 12.5. The number of carbonyl (C=O) groups excluding carboxylic acids is 2. The lowest BCUT2D eigenvalue weighted by Crippen LogP contribution is -2.51. The summed E-state index contributed by atoms with van der Waals surface area (Å²) in [6, 6.07) is 6.35. The van der Waals surface area contributed by atoms with Crippen molar-refractivity contribution in [3.05, 3.63) is 29.3 Å². The molecule has 1 aromatic carbocycles. The fraction of sp³-hybridized carbons (Fsp3) is 0.692. The van der Waals surface area contributed by atoms with Crippen LogP contribution in [-0.4, -0.2) is 24.9 Å². The van der Waals surface area contributed by atoms with Crippen LogP contribution in [0.4, 0.5) is 5.69 Å². The largest absolute Gasteiger partial charge is 0.362 e. The quantitative estimate of drug-likeness (QED) is 0.442. The highest BCUT2D eigenvalue weighted by molar-refractivity contribution is 6.01. The molecule has 1 saturated heterocycles. The van der Waals surface area contributed by atoms with Crippen LogP contribution in [0.25, 0.3) is 0 Å². The third-order valence-electron chi connectivity index (χ3n) is 7.06. The van der Waals surface area contributed by atoms with Gasteiger partial charge in [0.2, 0.25) is 11.8 Å². The Kier molecular flexibility index (Phi) is 9.38. The van der Waals surface area contributed by atoms with Crippen LogP contribution in [0.15, 0.2) is 18.2 Å². The van der Waals surface area contributed by atoms with Crippen LogP contribution in [0.3, 0.4) is 0 Å². The van der Waals surface area contributed by atoms with E-state index < -0.39 is 0 Å². The van der Waals surface area contributed by atoms with Crippen molar-refractivity contribution in [3.8, 4) is 0 Å². The van der Waals surface area contributed by atoms with Crippen molar-refractivity contribution < 1.29 is 9.59 Å². The van der Waals surface area contributed by atoms with E-state index in [1.54, 1.807) is 0 Å². The van der Waals surface area contributed by atoms with Crippen molar-refractivity contribution in [1.29, 1.82) is 0 Å². The lowest BCUT2D eigenvalue weighted by molar-refractivity contribution is -0.134. The molecular weight excluding hydrogens is 372 g/mol. The fourth-order valence-corrected chi connectivity index (χ4v) is 4.69. The van der Waals surface area contributed by atoms with E-state index in [-0.39, 0.29) is 17.9 Å². The number of rotatable bonds is 11. The number of imide groups is 1. The molecule has 2 rings (SSSR count). The molecule has 0 saturated carbocycles. The molecule has 4 unspecified atom stereocenters. The van der Waals surface area contributed by atoms with E-state index in [0.717, 1.165) is 18.0 Å². The van der Waals surface area contributed by atoms with Gasteiger partial charge in [0, 0.05) is 19.2 Å². The third kappa shape index (κ3) is 5.86. The summed E-state index contributed by atoms with van der Waals surface area (Å²) in [6.07, 6.45) is 8.15. The second-order valence-corrected chi connectivity index (χ2v) is 9.24. The Hall–Kier alpha value is -1.84. The molecule has 4 atom stereocenters. The Morgan fingerprint density at radius 2 is 1.80 bits per heavy atom. The predicted molar refractivity (Wildman–Crippen MR) is 126 cm³/mol. The topological polar surface area (TPSA) is 49.4 Å². The number of benzene rings is 1. The Morgan fingerprint density at radius 1 is 1.07 bits per heavy atom. The minimum atomic E-state index is -0.287. The molecule has 0 aliphatic carbocycles. The zero-order valence-corrected chi connectivity index (χ0v) is 20.0. The van der Waals surface area contributed by atoms with Crippen LogP contribution in [0.1, 0.15) is 109 Å². The number of carbonyl (C=O) groups is 2. The van der Waals surface area contributed by atoms with E-state index in [9.17, 15) is 9.59 Å². The standard InChI is InChI=1S/C26H42N2O2/c1-7-11-20(15-14-18(4)8-2)21-12-10-13-22(25(21)19(5)9-3)28(6)23-16-17-24(29)27-26(23)30/h10,12-13,18-20,23H,7-9,11,14-17H2,1-6H3,(H,27,29,30). The van der Waals surface area contributed by atoms with Gasteiger partial charge in [-0.1, -0.05) is 66.0 Å². The number of hydrogen-bond acceptors (Lipinski definition) is 3. The van der Waals surface area contributed by atoms with Crippen molar-refractivity contribution in [1.82, 2.24) is 5.32 Å². The molecule has 2 amide bonds. The number of piperidine rings is 1. The summed E-state index contributed by atoms with van der Waals surface area (Å²) in [6.45, 7) is 11.5. The number of likely N-dealkylation sites (N-methyl/N-ethyl adjacent to an activating group) is 1. The number of hydrogen-bond donors (Lipinski definition) is 1. The van der Waals surface area contributed by atoms with Crippen LogP contribution in [0, 0.1) is 5.92 Å². The molecule has 0 bridgehead atoms. The highest BCUT2D eigenvalue weighted by atomic mass is 16.2. The summed E-state index contributed by atoms with van der Waals surface area (Å²) in [4.78, 5) is 26.3. The molecule has 1 N–H and O–H groups in total. The highest BCUT2D eigenvalue weighted by Crippen LogP contribution is 2.40. The van der Waals surface area contributed by atoms with E-state index in [1.807, 2.05) is 7.05 Å². The van der Waals surface area contributed by atoms with Gasteiger partial charge >= 0.3 is 0 Å². The molecule has 0 aromatic heterocycles. The summed E-state index contributed by atoms with van der Waals surface area (Å²) in [5.41, 5.74) is 4.02. The van der Waals surface area contributed by atoms with Crippen LogP contribution in [0.5, 0.6) is 0 Å². The van der Waals surface area contributed by atoms with E-state index >= 15 is 0 Å². The molecule has 1 fully saturated rings. The van der Waals surface area contributed by atoms with Crippen molar-refractivity contribution >= 4 is 17.5 Å². The summed E-state index contributed by atoms with van der Waals surface area (Å²) < 4.78 is 0. The summed E-state index contributed by atoms with van der Waals surface area (Å²) >= 11 is 0. The highest BCUT2D eigenvalue weighted by Gasteiger charge is 2.32. The van der Waals surface area contributed by atoms with Crippen LogP contribution >= 0.6 is 0 Å². The first-order chi connectivity index (χ1) is 14.3. The molecule has 4 nitrogen and oxygen atoms in total. The van der Waals surface area contributed by atoms with E-state index in [1.165, 1.54) is 43.2 Å². The molecule has 168 valence electrons. The minimum absolute atomic E-state index is 0.159. The van der Waals surface area contributed by atoms with Gasteiger partial charge in [-0.05, 0) is 60.6 Å². The monoisotopic (exact) mass is 414 g/mol. The molecule has 0 radical (unpaired) electrons. The SMILES string of the molecule is CCCC(CCC(C)CC)c1cccc(N(C)C2CCC(=O)NC2=O)c1C(C)CC. The van der Waals surface area contributed by atoms with Crippen molar-refractivity contribution in [2.75, 3.05) is 11.9 Å². The van der Waals surface area contributed by atoms with Gasteiger partial charge in [-0.2, -0.15) is 0 Å². The Morgan fingerprint density at radius 3 is 2.40 bits per heavy atom. The molecule has 1 aromatic rings. The fourth-order valence-electron chi connectivity index (χ4n) is 4.69. The van der Waals surface area contributed by atoms with Gasteiger partial charge in [0.25, 0.3) is 0 Å². The van der Waals surface area contributed by atoms with Gasteiger partial charge in [-0.25, -0.2) is 0 Å². The molecule has 1 aliphatic heterocycles. The van der Waals surface area contributed by atoms with Gasteiger partial charge in [-0.3, -0.25) is 14.9 Å². The zero-order chi connectivity index (χ0) is 22.3. The molecule has 30 heavy (non-hydrogen) atoms. The van der Waals surface area contributed by atoms with E-state index in [2.05, 4.69) is 63.0 Å². The zero-order valence-electron chi connectivity index (χ0n) is 20.0. The number of amides is 2. The average Bonchev–Trinajstić information content (AvgIpc) is 2.74. The van der Waals surface area contributed by atoms with E-state index in [0.29, 0.717) is 24.7 Å². The summed E-state index contributed by atoms with van der Waals surface area (Å²) in [5.74, 6) is 1.41. The number of anilines is 1. The maximum absolute atomic E-state index is 12.5. The average molecular weight is 415 g/mol. The van der Waals surface area contributed by atoms with Crippen molar-refractivity contribution in [2.24, 2.45) is 5.92 Å². The van der Waals surface area contributed by atoms with Crippen molar-refractivity contribution in [3.63, 3.8) is 0 Å². The second kappa shape index (κ2) is 11.5. The number of nitrogens with one attached hydrogen (secondary N) is 1. The second-order valence-electron chi connectivity index (χ2n) is 9.24. The van der Waals surface area contributed by atoms with E-state index in [4.69, 9.17) is 0 Å². The smallest absolute Gasteiger partial charge is 0.249 e. The first-order valence-corrected chi connectivity index (χ1v) is 12.0. The molecule has 0 spiro atoms. The van der Waals surface area contributed by atoms with Crippen LogP contribution in [-0.2, 0) is 9.59 Å². The normalized spacial score (nSPS) is 19.9. The molecule has 1 aliphatic rings. The maximum Gasteiger partial charge on any atom is 0.249 e. The lowest BCUT2D eigenvalue weighted by atomic mass is 9.80. The van der Waals surface area contributed by atoms with Gasteiger partial charge in [-0.15, -0.1) is 0 Å². The Balaban J connectivity index is 2.43.